The molecule has 0 fully saturated rings. The number of hydrogen-bond donors (Lipinski definition) is 1. The summed E-state index contributed by atoms with van der Waals surface area (Å²) < 4.78 is 11.8. The molecule has 0 unspecified atom stereocenters. The molecule has 0 saturated carbocycles. The van der Waals surface area contributed by atoms with Crippen LogP contribution in [0.1, 0.15) is 50.2 Å². The van der Waals surface area contributed by atoms with Crippen molar-refractivity contribution in [3.63, 3.8) is 0 Å². The Morgan fingerprint density at radius 3 is 2.66 bits per heavy atom. The van der Waals surface area contributed by atoms with E-state index in [1.54, 1.807) is 5.57 Å². The van der Waals surface area contributed by atoms with Crippen LogP contribution in [0, 0.1) is 0 Å². The molecule has 0 radical (unpaired) electrons. The van der Waals surface area contributed by atoms with E-state index in [-0.39, 0.29) is 0 Å². The largest absolute Gasteiger partial charge is 0.490 e. The Bertz CT molecular complexity index is 836. The van der Waals surface area contributed by atoms with Crippen molar-refractivity contribution in [2.24, 2.45) is 0 Å². The molecule has 0 bridgehead atoms. The fourth-order valence-electron chi connectivity index (χ4n) is 3.49. The van der Waals surface area contributed by atoms with Crippen LogP contribution in [0.2, 0.25) is 10.0 Å². The lowest BCUT2D eigenvalue weighted by molar-refractivity contribution is 0.269. The first kappa shape index (κ1) is 22.0. The molecular formula is C24H29Cl2NO2. The molecule has 2 aromatic carbocycles. The zero-order valence-electron chi connectivity index (χ0n) is 17.0. The van der Waals surface area contributed by atoms with E-state index in [0.29, 0.717) is 41.3 Å². The fraction of sp³-hybridized carbons (Fsp3) is 0.417. The number of ether oxygens (including phenoxy) is 2. The van der Waals surface area contributed by atoms with Gasteiger partial charge in [0.05, 0.1) is 6.61 Å². The molecular weight excluding hydrogens is 405 g/mol. The summed E-state index contributed by atoms with van der Waals surface area (Å²) in [7, 11) is 0. The van der Waals surface area contributed by atoms with Crippen molar-refractivity contribution in [1.82, 2.24) is 5.32 Å². The van der Waals surface area contributed by atoms with Crippen LogP contribution in [-0.4, -0.2) is 13.2 Å². The van der Waals surface area contributed by atoms with Gasteiger partial charge in [-0.25, -0.2) is 0 Å². The van der Waals surface area contributed by atoms with Gasteiger partial charge in [0.2, 0.25) is 0 Å². The lowest BCUT2D eigenvalue weighted by Gasteiger charge is -2.16. The highest BCUT2D eigenvalue weighted by molar-refractivity contribution is 6.31. The quantitative estimate of drug-likeness (QED) is 0.324. The monoisotopic (exact) mass is 433 g/mol. The van der Waals surface area contributed by atoms with E-state index in [2.05, 4.69) is 11.4 Å². The lowest BCUT2D eigenvalue weighted by Crippen LogP contribution is -2.16. The Balaban J connectivity index is 1.59. The van der Waals surface area contributed by atoms with Crippen molar-refractivity contribution >= 4 is 23.2 Å². The summed E-state index contributed by atoms with van der Waals surface area (Å²) in [6.45, 7) is 4.60. The van der Waals surface area contributed by atoms with E-state index < -0.39 is 0 Å². The van der Waals surface area contributed by atoms with Gasteiger partial charge < -0.3 is 14.8 Å². The topological polar surface area (TPSA) is 30.5 Å². The number of rotatable bonds is 10. The summed E-state index contributed by atoms with van der Waals surface area (Å²) in [4.78, 5) is 0. The minimum atomic E-state index is 0.406. The molecule has 3 rings (SSSR count). The summed E-state index contributed by atoms with van der Waals surface area (Å²) in [6, 6.07) is 11.5. The molecule has 0 saturated heterocycles. The second-order valence-corrected chi connectivity index (χ2v) is 8.12. The van der Waals surface area contributed by atoms with Gasteiger partial charge in [-0.3, -0.25) is 0 Å². The van der Waals surface area contributed by atoms with Crippen LogP contribution >= 0.6 is 23.2 Å². The number of hydrogen-bond acceptors (Lipinski definition) is 3. The Morgan fingerprint density at radius 2 is 1.90 bits per heavy atom. The fourth-order valence-corrected chi connectivity index (χ4v) is 3.92. The standard InChI is InChI=1S/C24H29Cl2NO2/c1-2-28-23-14-20(16-27-12-11-18-7-4-3-5-8-18)22(26)15-24(23)29-17-19-9-6-10-21(25)13-19/h6-7,9-10,13-15,27H,2-5,8,11-12,16-17H2,1H3. The van der Waals surface area contributed by atoms with E-state index in [1.165, 1.54) is 25.7 Å². The second-order valence-electron chi connectivity index (χ2n) is 7.28. The van der Waals surface area contributed by atoms with Gasteiger partial charge in [-0.15, -0.1) is 0 Å². The first-order chi connectivity index (χ1) is 14.2. The Morgan fingerprint density at radius 1 is 1.03 bits per heavy atom. The SMILES string of the molecule is CCOc1cc(CNCCC2=CCCCC2)c(Cl)cc1OCc1cccc(Cl)c1. The summed E-state index contributed by atoms with van der Waals surface area (Å²) in [6.07, 6.45) is 8.64. The summed E-state index contributed by atoms with van der Waals surface area (Å²) in [5.74, 6) is 1.36. The Hall–Kier alpha value is -1.68. The zero-order chi connectivity index (χ0) is 20.5. The first-order valence-electron chi connectivity index (χ1n) is 10.4. The predicted molar refractivity (Wildman–Crippen MR) is 121 cm³/mol. The van der Waals surface area contributed by atoms with Crippen LogP contribution in [0.4, 0.5) is 0 Å². The molecule has 0 atom stereocenters. The molecule has 1 N–H and O–H groups in total. The normalized spacial score (nSPS) is 13.8. The minimum Gasteiger partial charge on any atom is -0.490 e. The average Bonchev–Trinajstić information content (AvgIpc) is 2.73. The van der Waals surface area contributed by atoms with E-state index in [4.69, 9.17) is 32.7 Å². The molecule has 5 heteroatoms. The molecule has 1 aliphatic carbocycles. The third-order valence-electron chi connectivity index (χ3n) is 5.02. The van der Waals surface area contributed by atoms with Crippen LogP contribution < -0.4 is 14.8 Å². The highest BCUT2D eigenvalue weighted by Crippen LogP contribution is 2.34. The molecule has 0 aromatic heterocycles. The van der Waals surface area contributed by atoms with Crippen molar-refractivity contribution in [3.8, 4) is 11.5 Å². The zero-order valence-corrected chi connectivity index (χ0v) is 18.5. The van der Waals surface area contributed by atoms with Crippen LogP contribution in [-0.2, 0) is 13.2 Å². The van der Waals surface area contributed by atoms with Crippen molar-refractivity contribution in [2.75, 3.05) is 13.2 Å². The molecule has 0 spiro atoms. The number of benzene rings is 2. The highest BCUT2D eigenvalue weighted by Gasteiger charge is 2.12. The summed E-state index contributed by atoms with van der Waals surface area (Å²) >= 11 is 12.6. The van der Waals surface area contributed by atoms with Gasteiger partial charge in [0.25, 0.3) is 0 Å². The summed E-state index contributed by atoms with van der Waals surface area (Å²) in [5.41, 5.74) is 3.59. The van der Waals surface area contributed by atoms with Crippen molar-refractivity contribution < 1.29 is 9.47 Å². The third-order valence-corrected chi connectivity index (χ3v) is 5.61. The van der Waals surface area contributed by atoms with Gasteiger partial charge in [-0.05, 0) is 74.9 Å². The van der Waals surface area contributed by atoms with Gasteiger partial charge in [0.1, 0.15) is 6.61 Å². The summed E-state index contributed by atoms with van der Waals surface area (Å²) in [5, 5.41) is 4.88. The lowest BCUT2D eigenvalue weighted by atomic mass is 9.97. The molecule has 3 nitrogen and oxygen atoms in total. The molecule has 2 aromatic rings. The van der Waals surface area contributed by atoms with Gasteiger partial charge >= 0.3 is 0 Å². The van der Waals surface area contributed by atoms with Crippen LogP contribution in [0.25, 0.3) is 0 Å². The maximum absolute atomic E-state index is 6.53. The van der Waals surface area contributed by atoms with E-state index in [0.717, 1.165) is 24.1 Å². The van der Waals surface area contributed by atoms with Crippen molar-refractivity contribution in [2.45, 2.75) is 52.2 Å². The van der Waals surface area contributed by atoms with Crippen LogP contribution in [0.5, 0.6) is 11.5 Å². The van der Waals surface area contributed by atoms with Gasteiger partial charge in [0.15, 0.2) is 11.5 Å². The van der Waals surface area contributed by atoms with Crippen molar-refractivity contribution in [3.05, 3.63) is 69.2 Å². The predicted octanol–water partition coefficient (Wildman–Crippen LogP) is 6.95. The highest BCUT2D eigenvalue weighted by atomic mass is 35.5. The smallest absolute Gasteiger partial charge is 0.163 e. The van der Waals surface area contributed by atoms with Gasteiger partial charge in [-0.1, -0.05) is 47.0 Å². The molecule has 1 aliphatic rings. The number of halogens is 2. The maximum atomic E-state index is 6.53. The van der Waals surface area contributed by atoms with Crippen LogP contribution in [0.3, 0.4) is 0 Å². The Kier molecular flexibility index (Phi) is 8.72. The molecule has 156 valence electrons. The average molecular weight is 434 g/mol. The van der Waals surface area contributed by atoms with Crippen LogP contribution in [0.15, 0.2) is 48.0 Å². The molecule has 0 heterocycles. The number of allylic oxidation sites excluding steroid dienone is 1. The molecule has 29 heavy (non-hydrogen) atoms. The van der Waals surface area contributed by atoms with Gasteiger partial charge in [0, 0.05) is 22.7 Å². The van der Waals surface area contributed by atoms with Crippen molar-refractivity contribution in [1.29, 1.82) is 0 Å². The van der Waals surface area contributed by atoms with Gasteiger partial charge in [-0.2, -0.15) is 0 Å². The maximum Gasteiger partial charge on any atom is 0.163 e. The Labute approximate surface area is 184 Å². The third kappa shape index (κ3) is 6.95. The minimum absolute atomic E-state index is 0.406. The van der Waals surface area contributed by atoms with E-state index in [1.807, 2.05) is 43.3 Å². The second kappa shape index (κ2) is 11.5. The number of nitrogens with one attached hydrogen (secondary N) is 1. The van der Waals surface area contributed by atoms with E-state index >= 15 is 0 Å². The molecule has 0 aliphatic heterocycles. The molecule has 0 amide bonds. The van der Waals surface area contributed by atoms with E-state index in [9.17, 15) is 0 Å². The first-order valence-corrected chi connectivity index (χ1v) is 11.1.